The highest BCUT2D eigenvalue weighted by molar-refractivity contribution is 4.97. The molecule has 0 atom stereocenters. The normalized spacial score (nSPS) is 17.5. The Morgan fingerprint density at radius 1 is 1.35 bits per heavy atom. The largest absolute Gasteiger partial charge is 0.449 e. The van der Waals surface area contributed by atoms with Gasteiger partial charge in [-0.2, -0.15) is 0 Å². The molecule has 1 aromatic heterocycles. The Kier molecular flexibility index (Phi) is 4.97. The van der Waals surface area contributed by atoms with Gasteiger partial charge in [-0.05, 0) is 7.05 Å². The minimum atomic E-state index is 0.846. The molecule has 5 heteroatoms. The van der Waals surface area contributed by atoms with Gasteiger partial charge in [-0.1, -0.05) is 0 Å². The van der Waals surface area contributed by atoms with Gasteiger partial charge in [-0.25, -0.2) is 4.98 Å². The van der Waals surface area contributed by atoms with Gasteiger partial charge in [0.2, 0.25) is 0 Å². The monoisotopic (exact) mass is 239 g/mol. The second kappa shape index (κ2) is 6.74. The van der Waals surface area contributed by atoms with Crippen LogP contribution in [-0.2, 0) is 17.6 Å². The lowest BCUT2D eigenvalue weighted by Crippen LogP contribution is -2.37. The number of ether oxygens (including phenoxy) is 1. The number of oxazole rings is 1. The molecule has 0 saturated carbocycles. The lowest BCUT2D eigenvalue weighted by atomic mass is 10.3. The highest BCUT2D eigenvalue weighted by atomic mass is 16.5. The van der Waals surface area contributed by atoms with Crippen LogP contribution in [0.4, 0.5) is 0 Å². The van der Waals surface area contributed by atoms with Gasteiger partial charge < -0.3 is 14.5 Å². The number of likely N-dealkylation sites (N-methyl/N-ethyl adjacent to an activating group) is 1. The van der Waals surface area contributed by atoms with Crippen LogP contribution < -0.4 is 5.32 Å². The molecule has 1 N–H and O–H groups in total. The molecule has 0 amide bonds. The molecule has 0 bridgehead atoms. The van der Waals surface area contributed by atoms with E-state index in [9.17, 15) is 0 Å². The Morgan fingerprint density at radius 3 is 2.94 bits per heavy atom. The summed E-state index contributed by atoms with van der Waals surface area (Å²) in [6, 6.07) is 0. The van der Waals surface area contributed by atoms with Crippen LogP contribution >= 0.6 is 0 Å². The summed E-state index contributed by atoms with van der Waals surface area (Å²) in [4.78, 5) is 6.86. The van der Waals surface area contributed by atoms with Crippen molar-refractivity contribution in [3.8, 4) is 0 Å². The van der Waals surface area contributed by atoms with Crippen molar-refractivity contribution in [2.45, 2.75) is 12.8 Å². The number of morpholine rings is 1. The van der Waals surface area contributed by atoms with Crippen molar-refractivity contribution in [3.63, 3.8) is 0 Å². The maximum absolute atomic E-state index is 5.46. The number of nitrogens with one attached hydrogen (secondary N) is 1. The number of nitrogens with zero attached hydrogens (tertiary/aromatic N) is 2. The smallest absolute Gasteiger partial charge is 0.195 e. The summed E-state index contributed by atoms with van der Waals surface area (Å²) in [5.74, 6) is 0.850. The van der Waals surface area contributed by atoms with E-state index in [0.29, 0.717) is 0 Å². The summed E-state index contributed by atoms with van der Waals surface area (Å²) < 4.78 is 10.8. The lowest BCUT2D eigenvalue weighted by Gasteiger charge is -2.25. The standard InChI is InChI=1S/C12H21N3O2/c1-13-4-2-11-10-17-12(14-11)3-5-15-6-8-16-9-7-15/h10,13H,2-9H2,1H3. The van der Waals surface area contributed by atoms with E-state index in [0.717, 1.165) is 63.8 Å². The van der Waals surface area contributed by atoms with Crippen LogP contribution in [0.25, 0.3) is 0 Å². The van der Waals surface area contributed by atoms with E-state index in [1.54, 1.807) is 6.26 Å². The molecule has 5 nitrogen and oxygen atoms in total. The third-order valence-corrected chi connectivity index (χ3v) is 2.98. The Balaban J connectivity index is 1.72. The molecule has 2 heterocycles. The van der Waals surface area contributed by atoms with E-state index < -0.39 is 0 Å². The Labute approximate surface area is 102 Å². The average Bonchev–Trinajstić information content (AvgIpc) is 2.83. The van der Waals surface area contributed by atoms with Crippen LogP contribution in [0.1, 0.15) is 11.6 Å². The number of aromatic nitrogens is 1. The van der Waals surface area contributed by atoms with Crippen molar-refractivity contribution in [2.24, 2.45) is 0 Å². The first-order valence-corrected chi connectivity index (χ1v) is 6.26. The molecule has 0 aromatic carbocycles. The molecule has 17 heavy (non-hydrogen) atoms. The SMILES string of the molecule is CNCCc1coc(CCN2CCOCC2)n1. The Morgan fingerprint density at radius 2 is 2.18 bits per heavy atom. The van der Waals surface area contributed by atoms with E-state index in [1.165, 1.54) is 0 Å². The molecule has 1 fully saturated rings. The van der Waals surface area contributed by atoms with Crippen molar-refractivity contribution in [2.75, 3.05) is 46.4 Å². The zero-order valence-electron chi connectivity index (χ0n) is 10.4. The van der Waals surface area contributed by atoms with Crippen LogP contribution in [0.5, 0.6) is 0 Å². The van der Waals surface area contributed by atoms with Gasteiger partial charge in [-0.3, -0.25) is 4.90 Å². The van der Waals surface area contributed by atoms with Gasteiger partial charge in [0.1, 0.15) is 6.26 Å². The minimum Gasteiger partial charge on any atom is -0.449 e. The van der Waals surface area contributed by atoms with Crippen molar-refractivity contribution >= 4 is 0 Å². The second-order valence-corrected chi connectivity index (χ2v) is 4.29. The molecular formula is C12H21N3O2. The maximum atomic E-state index is 5.46. The molecule has 0 spiro atoms. The first-order chi connectivity index (χ1) is 8.38. The zero-order valence-corrected chi connectivity index (χ0v) is 10.4. The van der Waals surface area contributed by atoms with E-state index in [1.807, 2.05) is 7.05 Å². The molecule has 2 rings (SSSR count). The van der Waals surface area contributed by atoms with E-state index in [4.69, 9.17) is 9.15 Å². The van der Waals surface area contributed by atoms with Gasteiger partial charge in [-0.15, -0.1) is 0 Å². The fraction of sp³-hybridized carbons (Fsp3) is 0.750. The lowest BCUT2D eigenvalue weighted by molar-refractivity contribution is 0.0377. The van der Waals surface area contributed by atoms with Crippen LogP contribution in [-0.4, -0.2) is 56.3 Å². The molecule has 1 aromatic rings. The number of hydrogen-bond acceptors (Lipinski definition) is 5. The molecular weight excluding hydrogens is 218 g/mol. The summed E-state index contributed by atoms with van der Waals surface area (Å²) >= 11 is 0. The fourth-order valence-corrected chi connectivity index (χ4v) is 1.91. The molecule has 0 unspecified atom stereocenters. The Bertz CT molecular complexity index is 321. The van der Waals surface area contributed by atoms with Crippen molar-refractivity contribution < 1.29 is 9.15 Å². The summed E-state index contributed by atoms with van der Waals surface area (Å²) in [6.45, 7) is 5.68. The van der Waals surface area contributed by atoms with Gasteiger partial charge >= 0.3 is 0 Å². The number of hydrogen-bond donors (Lipinski definition) is 1. The summed E-state index contributed by atoms with van der Waals surface area (Å²) in [5.41, 5.74) is 1.04. The molecule has 1 saturated heterocycles. The van der Waals surface area contributed by atoms with Crippen LogP contribution in [0, 0.1) is 0 Å². The average molecular weight is 239 g/mol. The first kappa shape index (κ1) is 12.5. The summed E-state index contributed by atoms with van der Waals surface area (Å²) in [6.07, 6.45) is 3.59. The molecule has 0 radical (unpaired) electrons. The van der Waals surface area contributed by atoms with Gasteiger partial charge in [0.05, 0.1) is 18.9 Å². The van der Waals surface area contributed by atoms with E-state index >= 15 is 0 Å². The minimum absolute atomic E-state index is 0.846. The topological polar surface area (TPSA) is 50.5 Å². The van der Waals surface area contributed by atoms with E-state index in [-0.39, 0.29) is 0 Å². The number of rotatable bonds is 6. The first-order valence-electron chi connectivity index (χ1n) is 6.26. The zero-order chi connectivity index (χ0) is 11.9. The van der Waals surface area contributed by atoms with Crippen molar-refractivity contribution in [1.29, 1.82) is 0 Å². The van der Waals surface area contributed by atoms with Gasteiger partial charge in [0.15, 0.2) is 5.89 Å². The molecule has 0 aliphatic carbocycles. The third kappa shape index (κ3) is 4.11. The van der Waals surface area contributed by atoms with Crippen LogP contribution in [0.2, 0.25) is 0 Å². The highest BCUT2D eigenvalue weighted by Crippen LogP contribution is 2.05. The Hall–Kier alpha value is -0.910. The van der Waals surface area contributed by atoms with Crippen molar-refractivity contribution in [1.82, 2.24) is 15.2 Å². The molecule has 1 aliphatic heterocycles. The fourth-order valence-electron chi connectivity index (χ4n) is 1.91. The van der Waals surface area contributed by atoms with Gasteiger partial charge in [0, 0.05) is 39.0 Å². The van der Waals surface area contributed by atoms with E-state index in [2.05, 4.69) is 15.2 Å². The van der Waals surface area contributed by atoms with Gasteiger partial charge in [0.25, 0.3) is 0 Å². The molecule has 96 valence electrons. The second-order valence-electron chi connectivity index (χ2n) is 4.29. The maximum Gasteiger partial charge on any atom is 0.195 e. The van der Waals surface area contributed by atoms with Crippen LogP contribution in [0.15, 0.2) is 10.7 Å². The highest BCUT2D eigenvalue weighted by Gasteiger charge is 2.11. The predicted molar refractivity (Wildman–Crippen MR) is 65.1 cm³/mol. The quantitative estimate of drug-likeness (QED) is 0.774. The predicted octanol–water partition coefficient (Wildman–Crippen LogP) is 0.311. The van der Waals surface area contributed by atoms with Crippen molar-refractivity contribution in [3.05, 3.63) is 17.8 Å². The summed E-state index contributed by atoms with van der Waals surface area (Å²) in [5, 5.41) is 3.11. The third-order valence-electron chi connectivity index (χ3n) is 2.98. The molecule has 1 aliphatic rings. The van der Waals surface area contributed by atoms with Crippen LogP contribution in [0.3, 0.4) is 0 Å². The summed E-state index contributed by atoms with van der Waals surface area (Å²) in [7, 11) is 1.94.